The van der Waals surface area contributed by atoms with Crippen LogP contribution >= 0.6 is 0 Å². The third-order valence-electron chi connectivity index (χ3n) is 9.10. The second-order valence-corrected chi connectivity index (χ2v) is 12.7. The first-order chi connectivity index (χ1) is 24.9. The van der Waals surface area contributed by atoms with E-state index in [2.05, 4.69) is 153 Å². The monoisotopic (exact) mass is 691 g/mol. The van der Waals surface area contributed by atoms with Gasteiger partial charge in [-0.3, -0.25) is 11.7 Å². The van der Waals surface area contributed by atoms with Gasteiger partial charge in [0.1, 0.15) is 0 Å². The molecule has 1 aliphatic heterocycles. The maximum Gasteiger partial charge on any atom is 0.0543 e. The Kier molecular flexibility index (Phi) is 16.6. The van der Waals surface area contributed by atoms with Crippen LogP contribution < -0.4 is 27.4 Å². The number of para-hydroxylation sites is 1. The van der Waals surface area contributed by atoms with E-state index in [9.17, 15) is 0 Å². The van der Waals surface area contributed by atoms with Crippen LogP contribution in [0.4, 0.5) is 5.69 Å². The van der Waals surface area contributed by atoms with Gasteiger partial charge < -0.3 is 10.3 Å². The lowest BCUT2D eigenvalue weighted by Gasteiger charge is -2.46. The molecule has 2 aliphatic carbocycles. The molecule has 3 aliphatic rings. The van der Waals surface area contributed by atoms with Crippen LogP contribution in [0.25, 0.3) is 16.7 Å². The number of benzene rings is 3. The number of hydrogen-bond acceptors (Lipinski definition) is 5. The summed E-state index contributed by atoms with van der Waals surface area (Å²) in [4.78, 5) is 2.66. The number of fused-ring (bicyclic) bond motifs is 4. The molecule has 0 amide bonds. The van der Waals surface area contributed by atoms with E-state index in [1.54, 1.807) is 6.08 Å². The third kappa shape index (κ3) is 11.0. The summed E-state index contributed by atoms with van der Waals surface area (Å²) in [6, 6.07) is 28.7. The second kappa shape index (κ2) is 21.0. The zero-order valence-electron chi connectivity index (χ0n) is 30.4. The molecule has 2 unspecified atom stereocenters. The van der Waals surface area contributed by atoms with Gasteiger partial charge in [-0.15, -0.1) is 0 Å². The lowest BCUT2D eigenvalue weighted by Crippen LogP contribution is -2.47. The average Bonchev–Trinajstić information content (AvgIpc) is 3.16. The van der Waals surface area contributed by atoms with Crippen LogP contribution in [0.15, 0.2) is 182 Å². The van der Waals surface area contributed by atoms with Crippen molar-refractivity contribution in [3.8, 4) is 0 Å². The minimum atomic E-state index is 0. The normalized spacial score (nSPS) is 17.4. The molecule has 0 saturated carbocycles. The van der Waals surface area contributed by atoms with Gasteiger partial charge in [-0.05, 0) is 79.2 Å². The van der Waals surface area contributed by atoms with Crippen LogP contribution in [0, 0.1) is 6.92 Å². The molecule has 3 aromatic carbocycles. The highest BCUT2D eigenvalue weighted by Gasteiger charge is 2.35. The van der Waals surface area contributed by atoms with E-state index >= 15 is 0 Å². The molecular formula is C47H57N5. The van der Waals surface area contributed by atoms with Crippen LogP contribution in [0.1, 0.15) is 56.4 Å². The van der Waals surface area contributed by atoms with Crippen molar-refractivity contribution in [2.24, 2.45) is 11.7 Å². The maximum absolute atomic E-state index is 4.27. The van der Waals surface area contributed by atoms with E-state index < -0.39 is 0 Å². The molecule has 0 fully saturated rings. The molecule has 2 bridgehead atoms. The van der Waals surface area contributed by atoms with Gasteiger partial charge in [-0.1, -0.05) is 171 Å². The Bertz CT molecular complexity index is 1870. The van der Waals surface area contributed by atoms with Crippen LogP contribution in [0.5, 0.6) is 0 Å². The SMILES string of the molecule is C.C=C/C=C(\C=C)CNN/C=C\C=C/C(=C)c1ccc(C2=CC3CC(=C2)c2ccccc2N3C2CC=C(C)C=C2C)cc1.Cc1ccccc1.NN. The summed E-state index contributed by atoms with van der Waals surface area (Å²) in [6.45, 7) is 19.0. The quantitative estimate of drug-likeness (QED) is 0.0697. The Morgan fingerprint density at radius 1 is 0.904 bits per heavy atom. The van der Waals surface area contributed by atoms with Crippen molar-refractivity contribution >= 4 is 22.4 Å². The molecule has 0 spiro atoms. The molecule has 3 aromatic rings. The summed E-state index contributed by atoms with van der Waals surface area (Å²) >= 11 is 0. The standard InChI is InChI=1S/C39H41N3.C7H8.CH4.H4N2/c1-6-12-31(7-2)27-41-40-22-11-10-13-29(4)32-17-19-33(20-18-32)34-24-35-26-36(25-34)42(39-15-9-8-14-37(35)39)38-21-16-28(3)23-30(38)5;1-7-5-3-2-4-6-7;;1-2/h6-20,22-25,36,38,40-41H,1-2,4,21,26-27H2,3,5H3;2-6H,1H3;1H4;1-2H2/b13-10-,22-11-,31-12+;;;. The number of anilines is 1. The molecule has 0 aromatic heterocycles. The number of hydrazine groups is 2. The summed E-state index contributed by atoms with van der Waals surface area (Å²) in [6.07, 6.45) is 25.0. The summed E-state index contributed by atoms with van der Waals surface area (Å²) in [7, 11) is 0. The number of nitrogens with one attached hydrogen (secondary N) is 2. The van der Waals surface area contributed by atoms with E-state index in [1.165, 1.54) is 44.7 Å². The summed E-state index contributed by atoms with van der Waals surface area (Å²) < 4.78 is 0. The van der Waals surface area contributed by atoms with Crippen molar-refractivity contribution < 1.29 is 0 Å². The van der Waals surface area contributed by atoms with Gasteiger partial charge in [0.15, 0.2) is 0 Å². The van der Waals surface area contributed by atoms with Gasteiger partial charge in [0.05, 0.1) is 12.1 Å². The van der Waals surface area contributed by atoms with Crippen molar-refractivity contribution in [1.29, 1.82) is 0 Å². The van der Waals surface area contributed by atoms with E-state index in [4.69, 9.17) is 0 Å². The number of nitrogens with zero attached hydrogens (tertiary/aromatic N) is 1. The second-order valence-electron chi connectivity index (χ2n) is 12.7. The van der Waals surface area contributed by atoms with Gasteiger partial charge in [-0.2, -0.15) is 0 Å². The fraction of sp³-hybridized carbons (Fsp3) is 0.191. The Morgan fingerprint density at radius 2 is 1.62 bits per heavy atom. The molecule has 52 heavy (non-hydrogen) atoms. The first kappa shape index (κ1) is 41.0. The summed E-state index contributed by atoms with van der Waals surface area (Å²) in [5.41, 5.74) is 20.1. The fourth-order valence-electron chi connectivity index (χ4n) is 6.56. The third-order valence-corrected chi connectivity index (χ3v) is 9.10. The van der Waals surface area contributed by atoms with Crippen molar-refractivity contribution in [1.82, 2.24) is 10.9 Å². The Balaban J connectivity index is 0.000000645. The minimum absolute atomic E-state index is 0. The lowest BCUT2D eigenvalue weighted by molar-refractivity contribution is 0.589. The van der Waals surface area contributed by atoms with E-state index in [1.807, 2.05) is 54.8 Å². The topological polar surface area (TPSA) is 79.3 Å². The van der Waals surface area contributed by atoms with Crippen molar-refractivity contribution in [3.05, 3.63) is 205 Å². The van der Waals surface area contributed by atoms with Gasteiger partial charge in [-0.25, -0.2) is 5.43 Å². The predicted octanol–water partition coefficient (Wildman–Crippen LogP) is 10.3. The number of nitrogens with two attached hydrogens (primary N) is 2. The first-order valence-corrected chi connectivity index (χ1v) is 17.4. The molecule has 5 heteroatoms. The van der Waals surface area contributed by atoms with Crippen LogP contribution in [-0.2, 0) is 0 Å². The van der Waals surface area contributed by atoms with Crippen LogP contribution in [-0.4, -0.2) is 18.6 Å². The molecule has 0 saturated heterocycles. The van der Waals surface area contributed by atoms with Gasteiger partial charge in [0, 0.05) is 24.0 Å². The largest absolute Gasteiger partial charge is 0.357 e. The fourth-order valence-corrected chi connectivity index (χ4v) is 6.56. The number of allylic oxidation sites excluding steroid dienone is 10. The minimum Gasteiger partial charge on any atom is -0.357 e. The van der Waals surface area contributed by atoms with Crippen molar-refractivity contribution in [2.45, 2.75) is 53.1 Å². The highest BCUT2D eigenvalue weighted by molar-refractivity contribution is 5.93. The van der Waals surface area contributed by atoms with Gasteiger partial charge >= 0.3 is 0 Å². The molecule has 0 radical (unpaired) electrons. The van der Waals surface area contributed by atoms with Gasteiger partial charge in [0.25, 0.3) is 0 Å². The Labute approximate surface area is 313 Å². The predicted molar refractivity (Wildman–Crippen MR) is 229 cm³/mol. The van der Waals surface area contributed by atoms with Crippen molar-refractivity contribution in [2.75, 3.05) is 11.4 Å². The average molecular weight is 692 g/mol. The molecule has 5 nitrogen and oxygen atoms in total. The van der Waals surface area contributed by atoms with E-state index in [0.717, 1.165) is 29.6 Å². The molecule has 6 rings (SSSR count). The molecule has 1 heterocycles. The zero-order valence-corrected chi connectivity index (χ0v) is 30.4. The smallest absolute Gasteiger partial charge is 0.0543 e. The number of rotatable bonds is 11. The lowest BCUT2D eigenvalue weighted by atomic mass is 9.80. The van der Waals surface area contributed by atoms with Gasteiger partial charge in [0.2, 0.25) is 0 Å². The Hall–Kier alpha value is -5.46. The molecule has 6 N–H and O–H groups in total. The number of aryl methyl sites for hydroxylation is 1. The zero-order chi connectivity index (χ0) is 36.6. The van der Waals surface area contributed by atoms with E-state index in [0.29, 0.717) is 18.6 Å². The highest BCUT2D eigenvalue weighted by atomic mass is 15.3. The highest BCUT2D eigenvalue weighted by Crippen LogP contribution is 2.45. The number of hydrogen-bond donors (Lipinski definition) is 4. The maximum atomic E-state index is 4.27. The van der Waals surface area contributed by atoms with E-state index in [-0.39, 0.29) is 7.43 Å². The summed E-state index contributed by atoms with van der Waals surface area (Å²) in [5, 5.41) is 0. The molecule has 270 valence electrons. The Morgan fingerprint density at radius 3 is 2.27 bits per heavy atom. The van der Waals surface area contributed by atoms with Crippen molar-refractivity contribution in [3.63, 3.8) is 0 Å². The summed E-state index contributed by atoms with van der Waals surface area (Å²) in [5.74, 6) is 8.00. The molecular weight excluding hydrogens is 635 g/mol. The van der Waals surface area contributed by atoms with Crippen LogP contribution in [0.2, 0.25) is 0 Å². The van der Waals surface area contributed by atoms with Crippen LogP contribution in [0.3, 0.4) is 0 Å². The first-order valence-electron chi connectivity index (χ1n) is 17.4. The molecule has 2 atom stereocenters.